The third-order valence-corrected chi connectivity index (χ3v) is 6.50. The molecule has 3 aromatic rings. The molecule has 0 radical (unpaired) electrons. The van der Waals surface area contributed by atoms with Crippen LogP contribution in [0.3, 0.4) is 0 Å². The molecule has 8 heteroatoms. The van der Waals surface area contributed by atoms with E-state index in [2.05, 4.69) is 16.6 Å². The number of hydrazine groups is 1. The summed E-state index contributed by atoms with van der Waals surface area (Å²) in [6.07, 6.45) is 1.32. The lowest BCUT2D eigenvalue weighted by molar-refractivity contribution is -0.115. The molecule has 0 fully saturated rings. The van der Waals surface area contributed by atoms with Gasteiger partial charge in [-0.05, 0) is 53.9 Å². The number of amides is 1. The number of hydrogen-bond donors (Lipinski definition) is 1. The lowest BCUT2D eigenvalue weighted by Gasteiger charge is -2.25. The summed E-state index contributed by atoms with van der Waals surface area (Å²) < 4.78 is 0. The molecule has 0 aromatic heterocycles. The van der Waals surface area contributed by atoms with Crippen LogP contribution in [0.5, 0.6) is 0 Å². The fourth-order valence-corrected chi connectivity index (χ4v) is 4.74. The molecule has 0 saturated heterocycles. The van der Waals surface area contributed by atoms with Gasteiger partial charge in [0.05, 0.1) is 22.4 Å². The van der Waals surface area contributed by atoms with Gasteiger partial charge in [0.15, 0.2) is 0 Å². The second-order valence-electron chi connectivity index (χ2n) is 7.73. The van der Waals surface area contributed by atoms with Gasteiger partial charge in [0.2, 0.25) is 0 Å². The first-order chi connectivity index (χ1) is 15.5. The number of anilines is 2. The van der Waals surface area contributed by atoms with Crippen LogP contribution in [0, 0.1) is 0 Å². The largest absolute Gasteiger partial charge is 0.286 e. The second-order valence-corrected chi connectivity index (χ2v) is 9.01. The van der Waals surface area contributed by atoms with Gasteiger partial charge in [-0.3, -0.25) is 20.2 Å². The molecule has 162 valence electrons. The summed E-state index contributed by atoms with van der Waals surface area (Å²) in [5.41, 5.74) is 7.35. The van der Waals surface area contributed by atoms with Crippen molar-refractivity contribution in [2.45, 2.75) is 18.9 Å². The van der Waals surface area contributed by atoms with Crippen molar-refractivity contribution >= 4 is 57.8 Å². The van der Waals surface area contributed by atoms with Crippen LogP contribution in [0.25, 0.3) is 0 Å². The molecule has 2 aliphatic rings. The molecular weight excluding hydrogens is 467 g/mol. The summed E-state index contributed by atoms with van der Waals surface area (Å²) in [6.45, 7) is 0.728. The number of nitrogens with zero attached hydrogens (tertiary/aromatic N) is 3. The Morgan fingerprint density at radius 2 is 1.69 bits per heavy atom. The van der Waals surface area contributed by atoms with Crippen LogP contribution in [0.4, 0.5) is 11.4 Å². The SMILES string of the molecule is O=C(NN1CCc2ccccc21)C1=NN(c2ccc(Cl)cc2Cl)C(c2ccc(Cl)cc2)C1. The minimum Gasteiger partial charge on any atom is -0.285 e. The van der Waals surface area contributed by atoms with Crippen molar-refractivity contribution in [2.24, 2.45) is 5.10 Å². The summed E-state index contributed by atoms with van der Waals surface area (Å²) in [4.78, 5) is 13.2. The van der Waals surface area contributed by atoms with Gasteiger partial charge in [-0.2, -0.15) is 5.10 Å². The normalized spacial score (nSPS) is 17.3. The highest BCUT2D eigenvalue weighted by Crippen LogP contribution is 2.40. The van der Waals surface area contributed by atoms with E-state index in [1.807, 2.05) is 53.5 Å². The Morgan fingerprint density at radius 1 is 0.938 bits per heavy atom. The van der Waals surface area contributed by atoms with Gasteiger partial charge in [0, 0.05) is 23.0 Å². The fraction of sp³-hybridized carbons (Fsp3) is 0.167. The first-order valence-corrected chi connectivity index (χ1v) is 11.4. The van der Waals surface area contributed by atoms with Crippen molar-refractivity contribution in [1.29, 1.82) is 0 Å². The number of fused-ring (bicyclic) bond motifs is 1. The number of para-hydroxylation sites is 1. The van der Waals surface area contributed by atoms with E-state index in [-0.39, 0.29) is 11.9 Å². The minimum absolute atomic E-state index is 0.197. The number of hydrazone groups is 1. The number of rotatable bonds is 4. The Bertz CT molecular complexity index is 1210. The molecule has 2 heterocycles. The minimum atomic E-state index is -0.228. The molecule has 2 aliphatic heterocycles. The van der Waals surface area contributed by atoms with E-state index in [0.717, 1.165) is 24.2 Å². The van der Waals surface area contributed by atoms with Gasteiger partial charge in [-0.25, -0.2) is 0 Å². The van der Waals surface area contributed by atoms with Gasteiger partial charge in [-0.15, -0.1) is 0 Å². The molecule has 1 unspecified atom stereocenters. The van der Waals surface area contributed by atoms with Crippen molar-refractivity contribution in [1.82, 2.24) is 5.43 Å². The van der Waals surface area contributed by atoms with E-state index in [9.17, 15) is 4.79 Å². The highest BCUT2D eigenvalue weighted by Gasteiger charge is 2.34. The molecule has 1 amide bonds. The first-order valence-electron chi connectivity index (χ1n) is 10.2. The van der Waals surface area contributed by atoms with Crippen LogP contribution >= 0.6 is 34.8 Å². The van der Waals surface area contributed by atoms with Crippen LogP contribution in [-0.2, 0) is 11.2 Å². The predicted octanol–water partition coefficient (Wildman–Crippen LogP) is 6.05. The van der Waals surface area contributed by atoms with E-state index >= 15 is 0 Å². The standard InChI is InChI=1S/C24H19Cl3N4O/c25-17-7-5-16(6-8-17)23-14-20(28-31(23)22-10-9-18(26)13-19(22)27)24(32)29-30-12-11-15-3-1-2-4-21(15)30/h1-10,13,23H,11-12,14H2,(H,29,32). The molecule has 1 atom stereocenters. The summed E-state index contributed by atoms with van der Waals surface area (Å²) in [7, 11) is 0. The van der Waals surface area contributed by atoms with Gasteiger partial charge in [0.25, 0.3) is 5.91 Å². The van der Waals surface area contributed by atoms with Crippen LogP contribution in [0.15, 0.2) is 71.8 Å². The third-order valence-electron chi connectivity index (χ3n) is 5.71. The zero-order chi connectivity index (χ0) is 22.2. The first kappa shape index (κ1) is 21.1. The summed E-state index contributed by atoms with van der Waals surface area (Å²) >= 11 is 18.7. The van der Waals surface area contributed by atoms with Crippen LogP contribution in [0.2, 0.25) is 15.1 Å². The smallest absolute Gasteiger partial charge is 0.285 e. The summed E-state index contributed by atoms with van der Waals surface area (Å²) in [5.74, 6) is -0.228. The summed E-state index contributed by atoms with van der Waals surface area (Å²) in [5, 5.41) is 10.0. The monoisotopic (exact) mass is 484 g/mol. The number of halogens is 3. The lowest BCUT2D eigenvalue weighted by Crippen LogP contribution is -2.44. The maximum atomic E-state index is 13.2. The van der Waals surface area contributed by atoms with Crippen LogP contribution < -0.4 is 15.4 Å². The summed E-state index contributed by atoms with van der Waals surface area (Å²) in [6, 6.07) is 20.7. The Labute approximate surface area is 201 Å². The van der Waals surface area contributed by atoms with Crippen LogP contribution in [0.1, 0.15) is 23.6 Å². The molecule has 5 rings (SSSR count). The van der Waals surface area contributed by atoms with E-state index < -0.39 is 0 Å². The molecule has 0 bridgehead atoms. The Balaban J connectivity index is 1.44. The molecule has 0 spiro atoms. The molecule has 3 aromatic carbocycles. The quantitative estimate of drug-likeness (QED) is 0.489. The van der Waals surface area contributed by atoms with E-state index in [1.54, 1.807) is 17.1 Å². The van der Waals surface area contributed by atoms with Gasteiger partial charge in [0.1, 0.15) is 5.71 Å². The molecule has 0 aliphatic carbocycles. The van der Waals surface area contributed by atoms with Gasteiger partial charge < -0.3 is 0 Å². The predicted molar refractivity (Wildman–Crippen MR) is 131 cm³/mol. The average molecular weight is 486 g/mol. The molecular formula is C24H19Cl3N4O. The molecule has 1 N–H and O–H groups in total. The van der Waals surface area contributed by atoms with Crippen molar-refractivity contribution in [3.63, 3.8) is 0 Å². The zero-order valence-electron chi connectivity index (χ0n) is 16.9. The highest BCUT2D eigenvalue weighted by molar-refractivity contribution is 6.40. The number of benzene rings is 3. The number of carbonyl (C=O) groups excluding carboxylic acids is 1. The van der Waals surface area contributed by atoms with E-state index in [0.29, 0.717) is 32.9 Å². The zero-order valence-corrected chi connectivity index (χ0v) is 19.2. The topological polar surface area (TPSA) is 47.9 Å². The number of hydrogen-bond acceptors (Lipinski definition) is 4. The van der Waals surface area contributed by atoms with Gasteiger partial charge >= 0.3 is 0 Å². The fourth-order valence-electron chi connectivity index (χ4n) is 4.12. The number of nitrogens with one attached hydrogen (secondary N) is 1. The second kappa shape index (κ2) is 8.66. The van der Waals surface area contributed by atoms with Gasteiger partial charge in [-0.1, -0.05) is 65.1 Å². The average Bonchev–Trinajstić information content (AvgIpc) is 3.39. The Hall–Kier alpha value is -2.73. The highest BCUT2D eigenvalue weighted by atomic mass is 35.5. The van der Waals surface area contributed by atoms with E-state index in [4.69, 9.17) is 34.8 Å². The maximum absolute atomic E-state index is 13.2. The number of carbonyl (C=O) groups is 1. The van der Waals surface area contributed by atoms with E-state index in [1.165, 1.54) is 5.56 Å². The van der Waals surface area contributed by atoms with Crippen molar-refractivity contribution in [3.05, 3.63) is 92.9 Å². The van der Waals surface area contributed by atoms with Crippen molar-refractivity contribution in [3.8, 4) is 0 Å². The molecule has 32 heavy (non-hydrogen) atoms. The third kappa shape index (κ3) is 4.04. The molecule has 5 nitrogen and oxygen atoms in total. The lowest BCUT2D eigenvalue weighted by atomic mass is 10.0. The molecule has 0 saturated carbocycles. The Kier molecular flexibility index (Phi) is 5.72. The Morgan fingerprint density at radius 3 is 2.47 bits per heavy atom. The van der Waals surface area contributed by atoms with Crippen molar-refractivity contribution < 1.29 is 4.79 Å². The maximum Gasteiger partial charge on any atom is 0.286 e. The van der Waals surface area contributed by atoms with Crippen LogP contribution in [-0.4, -0.2) is 18.2 Å². The van der Waals surface area contributed by atoms with Crippen molar-refractivity contribution in [2.75, 3.05) is 16.6 Å².